The maximum atomic E-state index is 12.7. The Morgan fingerprint density at radius 1 is 1.46 bits per heavy atom. The van der Waals surface area contributed by atoms with Gasteiger partial charge in [-0.05, 0) is 31.6 Å². The molecule has 0 bridgehead atoms. The summed E-state index contributed by atoms with van der Waals surface area (Å²) in [7, 11) is 0. The highest BCUT2D eigenvalue weighted by Crippen LogP contribution is 2.57. The monoisotopic (exact) mass is 327 g/mol. The highest BCUT2D eigenvalue weighted by Gasteiger charge is 2.50. The Hall–Kier alpha value is -2.44. The fourth-order valence-corrected chi connectivity index (χ4v) is 3.42. The zero-order chi connectivity index (χ0) is 17.0. The van der Waals surface area contributed by atoms with E-state index in [2.05, 4.69) is 29.2 Å². The van der Waals surface area contributed by atoms with E-state index in [0.29, 0.717) is 29.3 Å². The Labute approximate surface area is 140 Å². The van der Waals surface area contributed by atoms with Crippen LogP contribution in [0.3, 0.4) is 0 Å². The van der Waals surface area contributed by atoms with Gasteiger partial charge in [0.15, 0.2) is 5.69 Å². The van der Waals surface area contributed by atoms with Gasteiger partial charge < -0.3 is 5.32 Å². The van der Waals surface area contributed by atoms with Crippen LogP contribution in [-0.2, 0) is 6.42 Å². The third-order valence-electron chi connectivity index (χ3n) is 5.26. The summed E-state index contributed by atoms with van der Waals surface area (Å²) in [6, 6.07) is 0.107. The zero-order valence-corrected chi connectivity index (χ0v) is 14.2. The predicted molar refractivity (Wildman–Crippen MR) is 88.0 cm³/mol. The minimum atomic E-state index is -0.0935. The normalized spacial score (nSPS) is 22.2. The molecule has 7 nitrogen and oxygen atoms in total. The molecule has 1 saturated carbocycles. The maximum absolute atomic E-state index is 12.7. The fraction of sp³-hybridized carbons (Fsp3) is 0.529. The van der Waals surface area contributed by atoms with Crippen molar-refractivity contribution in [1.82, 2.24) is 20.1 Å². The Morgan fingerprint density at radius 3 is 2.96 bits per heavy atom. The molecule has 3 atom stereocenters. The van der Waals surface area contributed by atoms with Crippen LogP contribution >= 0.6 is 0 Å². The van der Waals surface area contributed by atoms with Crippen molar-refractivity contribution in [3.63, 3.8) is 0 Å². The van der Waals surface area contributed by atoms with Gasteiger partial charge in [-0.2, -0.15) is 5.10 Å². The van der Waals surface area contributed by atoms with Gasteiger partial charge in [0.25, 0.3) is 5.91 Å². The number of nitrogens with two attached hydrogens (primary N) is 1. The van der Waals surface area contributed by atoms with Crippen molar-refractivity contribution >= 4 is 5.91 Å². The number of hydrogen-bond acceptors (Lipinski definition) is 4. The first-order chi connectivity index (χ1) is 11.5. The molecule has 4 rings (SSSR count). The minimum absolute atomic E-state index is 0.0935. The van der Waals surface area contributed by atoms with E-state index in [1.807, 2.05) is 11.6 Å². The molecule has 7 heteroatoms. The van der Waals surface area contributed by atoms with Gasteiger partial charge in [-0.1, -0.05) is 18.5 Å². The average molecular weight is 327 g/mol. The largest absolute Gasteiger partial charge is 0.348 e. The van der Waals surface area contributed by atoms with Gasteiger partial charge in [0.1, 0.15) is 0 Å². The van der Waals surface area contributed by atoms with Crippen molar-refractivity contribution in [2.24, 2.45) is 11.8 Å². The van der Waals surface area contributed by atoms with Crippen LogP contribution in [0, 0.1) is 11.8 Å². The number of carbonyl (C=O) groups excluding carboxylic acids is 1. The van der Waals surface area contributed by atoms with Crippen molar-refractivity contribution < 1.29 is 9.47 Å². The number of aromatic nitrogens is 4. The molecule has 1 fully saturated rings. The first-order valence-electron chi connectivity index (χ1n) is 8.51. The summed E-state index contributed by atoms with van der Waals surface area (Å²) >= 11 is 0. The summed E-state index contributed by atoms with van der Waals surface area (Å²) in [6.45, 7) is 6.21. The fourth-order valence-electron chi connectivity index (χ4n) is 3.42. The summed E-state index contributed by atoms with van der Waals surface area (Å²) in [4.78, 5) is 17.1. The number of fused-ring (bicyclic) bond motifs is 3. The van der Waals surface area contributed by atoms with Crippen molar-refractivity contribution in [1.29, 1.82) is 0 Å². The lowest BCUT2D eigenvalue weighted by molar-refractivity contribution is -0.639. The molecule has 2 aliphatic rings. The number of carbonyl (C=O) groups is 1. The molecule has 2 heterocycles. The van der Waals surface area contributed by atoms with Gasteiger partial charge in [0, 0.05) is 17.5 Å². The first kappa shape index (κ1) is 15.1. The van der Waals surface area contributed by atoms with E-state index < -0.39 is 0 Å². The highest BCUT2D eigenvalue weighted by molar-refractivity contribution is 5.94. The summed E-state index contributed by atoms with van der Waals surface area (Å²) in [5, 5.41) is 7.67. The van der Waals surface area contributed by atoms with E-state index in [1.54, 1.807) is 18.6 Å². The van der Waals surface area contributed by atoms with Crippen LogP contribution < -0.4 is 15.8 Å². The summed E-state index contributed by atoms with van der Waals surface area (Å²) in [6.07, 6.45) is 7.15. The number of hydrogen-bond donors (Lipinski definition) is 2. The molecule has 1 amide bonds. The van der Waals surface area contributed by atoms with E-state index in [1.165, 1.54) is 11.1 Å². The molecular formula is C17H23N6O+. The third-order valence-corrected chi connectivity index (χ3v) is 5.26. The number of amides is 1. The van der Waals surface area contributed by atoms with Crippen LogP contribution in [0.15, 0.2) is 18.6 Å². The van der Waals surface area contributed by atoms with Gasteiger partial charge in [-0.3, -0.25) is 4.79 Å². The molecule has 0 spiro atoms. The average Bonchev–Trinajstić information content (AvgIpc) is 3.03. The van der Waals surface area contributed by atoms with Crippen molar-refractivity contribution in [3.8, 4) is 5.82 Å². The van der Waals surface area contributed by atoms with Crippen LogP contribution in [-0.4, -0.2) is 26.7 Å². The molecular weight excluding hydrogens is 304 g/mol. The van der Waals surface area contributed by atoms with E-state index in [0.717, 1.165) is 17.7 Å². The first-order valence-corrected chi connectivity index (χ1v) is 8.51. The minimum Gasteiger partial charge on any atom is -0.348 e. The van der Waals surface area contributed by atoms with Gasteiger partial charge in [-0.25, -0.2) is 15.5 Å². The predicted octanol–water partition coefficient (Wildman–Crippen LogP) is 0.703. The number of nitrogens with zero attached hydrogens (tertiary/aromatic N) is 4. The summed E-state index contributed by atoms with van der Waals surface area (Å²) in [5.41, 5.74) is 2.76. The molecule has 0 aliphatic heterocycles. The molecule has 2 aliphatic carbocycles. The van der Waals surface area contributed by atoms with E-state index >= 15 is 0 Å². The van der Waals surface area contributed by atoms with Gasteiger partial charge in [-0.15, -0.1) is 0 Å². The Balaban J connectivity index is 1.74. The van der Waals surface area contributed by atoms with Crippen LogP contribution in [0.5, 0.6) is 0 Å². The van der Waals surface area contributed by atoms with Gasteiger partial charge in [0.2, 0.25) is 18.2 Å². The molecule has 2 aromatic heterocycles. The Morgan fingerprint density at radius 2 is 2.25 bits per heavy atom. The lowest BCUT2D eigenvalue weighted by Gasteiger charge is -2.16. The summed E-state index contributed by atoms with van der Waals surface area (Å²) < 4.78 is 3.27. The molecule has 0 saturated heterocycles. The summed E-state index contributed by atoms with van der Waals surface area (Å²) in [5.74, 6) is 7.91. The van der Waals surface area contributed by atoms with Crippen LogP contribution in [0.4, 0.5) is 0 Å². The topological polar surface area (TPSA) is 89.7 Å². The lowest BCUT2D eigenvalue weighted by atomic mass is 10.1. The Kier molecular flexibility index (Phi) is 3.33. The second kappa shape index (κ2) is 5.29. The molecule has 0 radical (unpaired) electrons. The van der Waals surface area contributed by atoms with Crippen molar-refractivity contribution in [3.05, 3.63) is 35.5 Å². The smallest absolute Gasteiger partial charge is 0.272 e. The SMILES string of the molecule is CC(C)[C@@H](C)NC(=O)c1nn(-c2c[n+](N)ccn2)c2c1C[C@H]1C[C@@H]21. The zero-order valence-electron chi connectivity index (χ0n) is 14.2. The lowest BCUT2D eigenvalue weighted by Crippen LogP contribution is -2.44. The van der Waals surface area contributed by atoms with Crippen LogP contribution in [0.1, 0.15) is 54.9 Å². The van der Waals surface area contributed by atoms with Crippen molar-refractivity contribution in [2.75, 3.05) is 5.84 Å². The number of rotatable bonds is 4. The van der Waals surface area contributed by atoms with Crippen molar-refractivity contribution in [2.45, 2.75) is 45.6 Å². The molecule has 2 aromatic rings. The van der Waals surface area contributed by atoms with E-state index in [-0.39, 0.29) is 11.9 Å². The molecule has 0 aromatic carbocycles. The van der Waals surface area contributed by atoms with Crippen LogP contribution in [0.25, 0.3) is 5.82 Å². The second-order valence-corrected chi connectivity index (χ2v) is 7.30. The molecule has 24 heavy (non-hydrogen) atoms. The van der Waals surface area contributed by atoms with Gasteiger partial charge in [0.05, 0.1) is 11.9 Å². The highest BCUT2D eigenvalue weighted by atomic mass is 16.2. The molecule has 126 valence electrons. The molecule has 3 N–H and O–H groups in total. The number of nitrogens with one attached hydrogen (secondary N) is 1. The van der Waals surface area contributed by atoms with E-state index in [4.69, 9.17) is 5.84 Å². The molecule has 0 unspecified atom stereocenters. The Bertz CT molecular complexity index is 811. The number of nitrogen functional groups attached to an aromatic ring is 1. The standard InChI is InChI=1S/C17H22N6O/c1-9(2)10(3)20-17(24)15-13-7-11-6-12(11)16(13)23(21-15)14-8-22(18)5-4-19-14/h4-5,8-12H,6-7H2,1-3H3,(H2-,18,19,20,24)/p+1/t10-,11-,12-/m1/s1. The van der Waals surface area contributed by atoms with Gasteiger partial charge >= 0.3 is 0 Å². The quantitative estimate of drug-likeness (QED) is 0.639. The third kappa shape index (κ3) is 2.35. The second-order valence-electron chi connectivity index (χ2n) is 7.30. The van der Waals surface area contributed by atoms with Crippen LogP contribution in [0.2, 0.25) is 0 Å². The maximum Gasteiger partial charge on any atom is 0.272 e. The van der Waals surface area contributed by atoms with E-state index in [9.17, 15) is 4.79 Å².